The number of amides is 2. The predicted octanol–water partition coefficient (Wildman–Crippen LogP) is 2.52. The molecule has 148 valence electrons. The van der Waals surface area contributed by atoms with Crippen molar-refractivity contribution in [2.45, 2.75) is 26.7 Å². The number of carboxylic acid groups (broad SMARTS) is 2. The molecule has 0 radical (unpaired) electrons. The Morgan fingerprint density at radius 1 is 0.679 bits per heavy atom. The molecule has 8 nitrogen and oxygen atoms in total. The molecule has 0 saturated heterocycles. The van der Waals surface area contributed by atoms with Crippen molar-refractivity contribution in [2.75, 3.05) is 13.1 Å². The molecule has 28 heavy (non-hydrogen) atoms. The number of nitrogens with one attached hydrogen (secondary N) is 2. The molecule has 0 spiro atoms. The molecule has 0 bridgehead atoms. The second-order valence-electron chi connectivity index (χ2n) is 6.19. The lowest BCUT2D eigenvalue weighted by Crippen LogP contribution is -2.27. The molecular weight excluding hydrogens is 364 g/mol. The van der Waals surface area contributed by atoms with Crippen LogP contribution in [0, 0.1) is 0 Å². The first-order valence-corrected chi connectivity index (χ1v) is 8.96. The Morgan fingerprint density at radius 3 is 1.29 bits per heavy atom. The molecule has 4 N–H and O–H groups in total. The Morgan fingerprint density at radius 2 is 1.00 bits per heavy atom. The summed E-state index contributed by atoms with van der Waals surface area (Å²) in [6, 6.07) is 4.98. The first kappa shape index (κ1) is 20.9. The van der Waals surface area contributed by atoms with Gasteiger partial charge >= 0.3 is 11.9 Å². The van der Waals surface area contributed by atoms with E-state index < -0.39 is 23.8 Å². The molecule has 0 atom stereocenters. The molecule has 0 heterocycles. The lowest BCUT2D eigenvalue weighted by atomic mass is 9.91. The summed E-state index contributed by atoms with van der Waals surface area (Å²) >= 11 is 0. The molecule has 0 aliphatic heterocycles. The molecule has 0 saturated carbocycles. The average molecular weight is 386 g/mol. The summed E-state index contributed by atoms with van der Waals surface area (Å²) in [5.41, 5.74) is -0.467. The fourth-order valence-corrected chi connectivity index (χ4v) is 2.90. The second-order valence-corrected chi connectivity index (χ2v) is 6.19. The first-order valence-electron chi connectivity index (χ1n) is 8.96. The van der Waals surface area contributed by atoms with Crippen molar-refractivity contribution >= 4 is 34.5 Å². The first-order chi connectivity index (χ1) is 13.3. The van der Waals surface area contributed by atoms with Gasteiger partial charge in [-0.1, -0.05) is 13.8 Å². The summed E-state index contributed by atoms with van der Waals surface area (Å²) in [6.45, 7) is 4.48. The van der Waals surface area contributed by atoms with Gasteiger partial charge in [-0.25, -0.2) is 9.59 Å². The standard InChI is InChI=1S/C20H22N2O6/c1-3-9-21-17(23)11-5-6-12(18(24)22-10-4-2)16-14(20(27)28)8-7-13(15(11)16)19(25)26/h5-8H,3-4,9-10H2,1-2H3,(H,21,23)(H,22,24)(H,25,26)(H,27,28). The van der Waals surface area contributed by atoms with Crippen molar-refractivity contribution in [2.24, 2.45) is 0 Å². The van der Waals surface area contributed by atoms with Gasteiger partial charge in [0.2, 0.25) is 0 Å². The van der Waals surface area contributed by atoms with Gasteiger partial charge in [0.25, 0.3) is 11.8 Å². The van der Waals surface area contributed by atoms with E-state index in [2.05, 4.69) is 10.6 Å². The highest BCUT2D eigenvalue weighted by Gasteiger charge is 2.25. The monoisotopic (exact) mass is 386 g/mol. The summed E-state index contributed by atoms with van der Waals surface area (Å²) in [5, 5.41) is 24.4. The number of carbonyl (C=O) groups excluding carboxylic acids is 2. The zero-order valence-corrected chi connectivity index (χ0v) is 15.7. The summed E-state index contributed by atoms with van der Waals surface area (Å²) in [7, 11) is 0. The van der Waals surface area contributed by atoms with Gasteiger partial charge in [0, 0.05) is 35.0 Å². The van der Waals surface area contributed by atoms with Gasteiger partial charge in [0.15, 0.2) is 0 Å². The van der Waals surface area contributed by atoms with Gasteiger partial charge in [-0.15, -0.1) is 0 Å². The summed E-state index contributed by atoms with van der Waals surface area (Å²) in [4.78, 5) is 48.7. The highest BCUT2D eigenvalue weighted by Crippen LogP contribution is 2.30. The lowest BCUT2D eigenvalue weighted by Gasteiger charge is -2.15. The van der Waals surface area contributed by atoms with Crippen LogP contribution in [-0.2, 0) is 0 Å². The molecule has 2 aromatic carbocycles. The molecule has 0 fully saturated rings. The number of fused-ring (bicyclic) bond motifs is 1. The molecule has 2 rings (SSSR count). The van der Waals surface area contributed by atoms with Gasteiger partial charge in [-0.2, -0.15) is 0 Å². The topological polar surface area (TPSA) is 133 Å². The van der Waals surface area contributed by atoms with Crippen LogP contribution in [0.2, 0.25) is 0 Å². The van der Waals surface area contributed by atoms with Gasteiger partial charge in [-0.05, 0) is 37.1 Å². The maximum absolute atomic E-state index is 12.6. The smallest absolute Gasteiger partial charge is 0.336 e. The van der Waals surface area contributed by atoms with E-state index in [1.807, 2.05) is 13.8 Å². The molecule has 2 amide bonds. The van der Waals surface area contributed by atoms with Gasteiger partial charge in [0.05, 0.1) is 11.1 Å². The van der Waals surface area contributed by atoms with Crippen LogP contribution in [0.15, 0.2) is 24.3 Å². The van der Waals surface area contributed by atoms with Crippen LogP contribution in [0.5, 0.6) is 0 Å². The van der Waals surface area contributed by atoms with Crippen LogP contribution in [0.3, 0.4) is 0 Å². The van der Waals surface area contributed by atoms with E-state index >= 15 is 0 Å². The minimum atomic E-state index is -1.32. The molecule has 8 heteroatoms. The van der Waals surface area contributed by atoms with Crippen LogP contribution in [-0.4, -0.2) is 47.1 Å². The van der Waals surface area contributed by atoms with Crippen molar-refractivity contribution in [1.82, 2.24) is 10.6 Å². The normalized spacial score (nSPS) is 10.5. The molecule has 0 aromatic heterocycles. The number of aromatic carboxylic acids is 2. The SMILES string of the molecule is CCCNC(=O)c1ccc(C(=O)NCCC)c2c(C(=O)O)ccc(C(=O)O)c12. The number of hydrogen-bond donors (Lipinski definition) is 4. The van der Waals surface area contributed by atoms with Crippen LogP contribution in [0.4, 0.5) is 0 Å². The van der Waals surface area contributed by atoms with Gasteiger partial charge < -0.3 is 20.8 Å². The maximum atomic E-state index is 12.6. The molecule has 0 unspecified atom stereocenters. The predicted molar refractivity (Wildman–Crippen MR) is 103 cm³/mol. The van der Waals surface area contributed by atoms with Crippen molar-refractivity contribution in [3.8, 4) is 0 Å². The Balaban J connectivity index is 2.88. The van der Waals surface area contributed by atoms with Gasteiger partial charge in [0.1, 0.15) is 0 Å². The third kappa shape index (κ3) is 4.11. The summed E-state index contributed by atoms with van der Waals surface area (Å²) in [5.74, 6) is -3.70. The van der Waals surface area contributed by atoms with E-state index in [9.17, 15) is 29.4 Å². The number of carboxylic acids is 2. The van der Waals surface area contributed by atoms with Crippen LogP contribution in [0.1, 0.15) is 68.1 Å². The van der Waals surface area contributed by atoms with E-state index in [0.717, 1.165) is 12.1 Å². The van der Waals surface area contributed by atoms with Crippen LogP contribution >= 0.6 is 0 Å². The quantitative estimate of drug-likeness (QED) is 0.551. The third-order valence-corrected chi connectivity index (χ3v) is 4.18. The fraction of sp³-hybridized carbons (Fsp3) is 0.300. The molecule has 2 aromatic rings. The van der Waals surface area contributed by atoms with E-state index in [0.29, 0.717) is 25.9 Å². The zero-order valence-electron chi connectivity index (χ0n) is 15.7. The Kier molecular flexibility index (Phi) is 6.70. The van der Waals surface area contributed by atoms with Crippen molar-refractivity contribution < 1.29 is 29.4 Å². The Hall–Kier alpha value is -3.42. The maximum Gasteiger partial charge on any atom is 0.336 e. The number of benzene rings is 2. The summed E-state index contributed by atoms with van der Waals surface area (Å²) in [6.07, 6.45) is 1.35. The molecule has 0 aliphatic rings. The highest BCUT2D eigenvalue weighted by molar-refractivity contribution is 6.23. The summed E-state index contributed by atoms with van der Waals surface area (Å²) < 4.78 is 0. The van der Waals surface area contributed by atoms with Crippen molar-refractivity contribution in [3.05, 3.63) is 46.5 Å². The zero-order chi connectivity index (χ0) is 20.8. The van der Waals surface area contributed by atoms with Crippen molar-refractivity contribution in [3.63, 3.8) is 0 Å². The Bertz CT molecular complexity index is 875. The van der Waals surface area contributed by atoms with Crippen LogP contribution in [0.25, 0.3) is 10.8 Å². The minimum absolute atomic E-state index is 0.0102. The van der Waals surface area contributed by atoms with Crippen molar-refractivity contribution in [1.29, 1.82) is 0 Å². The molecular formula is C20H22N2O6. The number of rotatable bonds is 8. The largest absolute Gasteiger partial charge is 0.478 e. The van der Waals surface area contributed by atoms with E-state index in [4.69, 9.17) is 0 Å². The Labute approximate surface area is 161 Å². The number of carbonyl (C=O) groups is 4. The van der Waals surface area contributed by atoms with E-state index in [1.165, 1.54) is 12.1 Å². The number of hydrogen-bond acceptors (Lipinski definition) is 4. The highest BCUT2D eigenvalue weighted by atomic mass is 16.4. The van der Waals surface area contributed by atoms with Crippen LogP contribution < -0.4 is 10.6 Å². The fourth-order valence-electron chi connectivity index (χ4n) is 2.90. The third-order valence-electron chi connectivity index (χ3n) is 4.18. The molecule has 0 aliphatic carbocycles. The average Bonchev–Trinajstić information content (AvgIpc) is 2.67. The second kappa shape index (κ2) is 8.98. The van der Waals surface area contributed by atoms with Gasteiger partial charge in [-0.3, -0.25) is 9.59 Å². The van der Waals surface area contributed by atoms with E-state index in [-0.39, 0.29) is 33.0 Å². The minimum Gasteiger partial charge on any atom is -0.478 e. The lowest BCUT2D eigenvalue weighted by molar-refractivity contribution is 0.0684. The van der Waals surface area contributed by atoms with E-state index in [1.54, 1.807) is 0 Å².